The number of hydrogen-bond donors (Lipinski definition) is 0. The maximum atomic E-state index is 5.38. The predicted octanol–water partition coefficient (Wildman–Crippen LogP) is 14.7. The van der Waals surface area contributed by atoms with Crippen LogP contribution in [0.5, 0.6) is 0 Å². The molecule has 0 atom stereocenters. The van der Waals surface area contributed by atoms with Gasteiger partial charge in [0.1, 0.15) is 0 Å². The summed E-state index contributed by atoms with van der Waals surface area (Å²) in [6, 6.07) is 70.5. The van der Waals surface area contributed by atoms with Crippen molar-refractivity contribution >= 4 is 75.4 Å². The van der Waals surface area contributed by atoms with E-state index < -0.39 is 0 Å². The van der Waals surface area contributed by atoms with Crippen LogP contribution in [0.4, 0.5) is 0 Å². The molecule has 0 amide bonds. The highest BCUT2D eigenvalue weighted by Crippen LogP contribution is 2.44. The number of aromatic nitrogens is 2. The zero-order chi connectivity index (χ0) is 36.7. The summed E-state index contributed by atoms with van der Waals surface area (Å²) >= 11 is 0. The first-order chi connectivity index (χ1) is 27.7. The average molecular weight is 709 g/mol. The lowest BCUT2D eigenvalue weighted by molar-refractivity contribution is 1.18. The second-order valence-electron chi connectivity index (χ2n) is 14.9. The van der Waals surface area contributed by atoms with Gasteiger partial charge in [-0.2, -0.15) is 0 Å². The molecule has 258 valence electrons. The minimum absolute atomic E-state index is 0.703. The Balaban J connectivity index is 1.16. The molecule has 56 heavy (non-hydrogen) atoms. The highest BCUT2D eigenvalue weighted by molar-refractivity contribution is 6.37. The summed E-state index contributed by atoms with van der Waals surface area (Å²) in [6.45, 7) is 0. The van der Waals surface area contributed by atoms with Crippen molar-refractivity contribution in [2.45, 2.75) is 0 Å². The molecule has 2 nitrogen and oxygen atoms in total. The summed E-state index contributed by atoms with van der Waals surface area (Å²) in [7, 11) is 0. The van der Waals surface area contributed by atoms with Crippen LogP contribution in [-0.2, 0) is 0 Å². The van der Waals surface area contributed by atoms with E-state index in [2.05, 4.69) is 194 Å². The topological polar surface area (TPSA) is 25.8 Å². The normalized spacial score (nSPS) is 11.9. The molecular formula is C54H32N2. The van der Waals surface area contributed by atoms with Gasteiger partial charge < -0.3 is 0 Å². The molecule has 0 spiro atoms. The Hall–Kier alpha value is -7.42. The van der Waals surface area contributed by atoms with Gasteiger partial charge in [-0.25, -0.2) is 9.97 Å². The molecular weight excluding hydrogens is 677 g/mol. The van der Waals surface area contributed by atoms with E-state index in [1.807, 2.05) is 0 Å². The van der Waals surface area contributed by atoms with Crippen molar-refractivity contribution in [3.63, 3.8) is 0 Å². The monoisotopic (exact) mass is 708 g/mol. The van der Waals surface area contributed by atoms with Gasteiger partial charge in [0.15, 0.2) is 5.82 Å². The Morgan fingerprint density at radius 2 is 0.679 bits per heavy atom. The minimum Gasteiger partial charge on any atom is -0.228 e. The van der Waals surface area contributed by atoms with Crippen LogP contribution in [0.1, 0.15) is 0 Å². The molecule has 0 aliphatic carbocycles. The first-order valence-corrected chi connectivity index (χ1v) is 19.2. The molecule has 0 aliphatic rings. The minimum atomic E-state index is 0.703. The molecule has 1 heterocycles. The second-order valence-corrected chi connectivity index (χ2v) is 14.9. The third-order valence-corrected chi connectivity index (χ3v) is 11.7. The van der Waals surface area contributed by atoms with Crippen LogP contribution in [0, 0.1) is 0 Å². The van der Waals surface area contributed by atoms with Gasteiger partial charge >= 0.3 is 0 Å². The SMILES string of the molecule is c1ccc(-c2ccc(-c3nc(-c4ccc5ccccc5c4)cc(-c4cc5ccc6cccc7c8cccc9ccc%10cccc(c(c4)c5c67)c%10c98)n3)cc2)cc1. The van der Waals surface area contributed by atoms with Gasteiger partial charge in [-0.15, -0.1) is 0 Å². The molecule has 0 saturated carbocycles. The Labute approximate surface area is 323 Å². The van der Waals surface area contributed by atoms with Crippen LogP contribution < -0.4 is 0 Å². The second kappa shape index (κ2) is 12.0. The van der Waals surface area contributed by atoms with Crippen LogP contribution >= 0.6 is 0 Å². The third kappa shape index (κ3) is 4.76. The third-order valence-electron chi connectivity index (χ3n) is 11.7. The molecule has 12 aromatic rings. The number of rotatable bonds is 4. The van der Waals surface area contributed by atoms with E-state index in [9.17, 15) is 0 Å². The Morgan fingerprint density at radius 3 is 1.34 bits per heavy atom. The zero-order valence-electron chi connectivity index (χ0n) is 30.4. The van der Waals surface area contributed by atoms with Crippen LogP contribution in [0.3, 0.4) is 0 Å². The van der Waals surface area contributed by atoms with Crippen LogP contribution in [-0.4, -0.2) is 9.97 Å². The fourth-order valence-corrected chi connectivity index (χ4v) is 9.10. The van der Waals surface area contributed by atoms with Gasteiger partial charge in [0, 0.05) is 16.7 Å². The zero-order valence-corrected chi connectivity index (χ0v) is 30.4. The molecule has 0 radical (unpaired) electrons. The van der Waals surface area contributed by atoms with Crippen molar-refractivity contribution in [2.75, 3.05) is 0 Å². The lowest BCUT2D eigenvalue weighted by Crippen LogP contribution is -1.96. The van der Waals surface area contributed by atoms with Gasteiger partial charge in [-0.1, -0.05) is 170 Å². The van der Waals surface area contributed by atoms with Gasteiger partial charge in [0.2, 0.25) is 0 Å². The number of fused-ring (bicyclic) bond motifs is 3. The molecule has 0 aliphatic heterocycles. The lowest BCUT2D eigenvalue weighted by atomic mass is 9.87. The molecule has 0 fully saturated rings. The van der Waals surface area contributed by atoms with E-state index in [1.165, 1.54) is 86.5 Å². The first kappa shape index (κ1) is 31.0. The van der Waals surface area contributed by atoms with Crippen molar-refractivity contribution < 1.29 is 0 Å². The van der Waals surface area contributed by atoms with Gasteiger partial charge in [0.05, 0.1) is 11.4 Å². The summed E-state index contributed by atoms with van der Waals surface area (Å²) in [4.78, 5) is 10.6. The summed E-state index contributed by atoms with van der Waals surface area (Å²) in [5.41, 5.74) is 7.25. The maximum absolute atomic E-state index is 5.38. The van der Waals surface area contributed by atoms with Crippen LogP contribution in [0.25, 0.3) is 120 Å². The molecule has 1 aromatic heterocycles. The summed E-state index contributed by atoms with van der Waals surface area (Å²) in [5.74, 6) is 0.703. The summed E-state index contributed by atoms with van der Waals surface area (Å²) in [5, 5.41) is 17.5. The highest BCUT2D eigenvalue weighted by Gasteiger charge is 2.18. The van der Waals surface area contributed by atoms with Gasteiger partial charge in [-0.05, 0) is 111 Å². The highest BCUT2D eigenvalue weighted by atomic mass is 14.9. The van der Waals surface area contributed by atoms with Crippen molar-refractivity contribution in [1.29, 1.82) is 0 Å². The van der Waals surface area contributed by atoms with Gasteiger partial charge in [-0.3, -0.25) is 0 Å². The Kier molecular flexibility index (Phi) is 6.66. The van der Waals surface area contributed by atoms with Crippen molar-refractivity contribution in [3.05, 3.63) is 194 Å². The number of nitrogens with zero attached hydrogens (tertiary/aromatic N) is 2. The molecule has 0 unspecified atom stereocenters. The Bertz CT molecular complexity index is 3510. The van der Waals surface area contributed by atoms with Crippen molar-refractivity contribution in [3.8, 4) is 45.0 Å². The molecule has 2 heteroatoms. The van der Waals surface area contributed by atoms with E-state index in [4.69, 9.17) is 9.97 Å². The fourth-order valence-electron chi connectivity index (χ4n) is 9.10. The smallest absolute Gasteiger partial charge is 0.160 e. The first-order valence-electron chi connectivity index (χ1n) is 19.2. The summed E-state index contributed by atoms with van der Waals surface area (Å²) < 4.78 is 0. The average Bonchev–Trinajstić information content (AvgIpc) is 3.27. The van der Waals surface area contributed by atoms with Gasteiger partial charge in [0.25, 0.3) is 0 Å². The number of benzene rings is 10. The van der Waals surface area contributed by atoms with Crippen molar-refractivity contribution in [2.24, 2.45) is 0 Å². The van der Waals surface area contributed by atoms with Crippen LogP contribution in [0.15, 0.2) is 194 Å². The van der Waals surface area contributed by atoms with E-state index in [0.717, 1.165) is 28.1 Å². The van der Waals surface area contributed by atoms with Crippen molar-refractivity contribution in [1.82, 2.24) is 9.97 Å². The standard InChI is InChI=1S/C54H32N2/c1-2-9-33(10-3-1)35-19-25-39(26-20-35)54-55-48(41-27-21-34-11-4-5-12-40(34)29-41)32-49(56-54)43-30-42-28-24-38-14-7-17-45-44-16-6-13-36-22-23-37-15-8-18-46(52(37)50(36)44)47(31-43)53(42)51(38)45/h1-32H. The van der Waals surface area contributed by atoms with E-state index in [0.29, 0.717) is 5.82 Å². The predicted molar refractivity (Wildman–Crippen MR) is 238 cm³/mol. The summed E-state index contributed by atoms with van der Waals surface area (Å²) in [6.07, 6.45) is 0. The van der Waals surface area contributed by atoms with E-state index in [-0.39, 0.29) is 0 Å². The number of hydrogen-bond acceptors (Lipinski definition) is 2. The van der Waals surface area contributed by atoms with E-state index >= 15 is 0 Å². The Morgan fingerprint density at radius 1 is 0.232 bits per heavy atom. The maximum Gasteiger partial charge on any atom is 0.160 e. The van der Waals surface area contributed by atoms with Crippen LogP contribution in [0.2, 0.25) is 0 Å². The molecule has 0 saturated heterocycles. The largest absolute Gasteiger partial charge is 0.228 e. The molecule has 0 bridgehead atoms. The molecule has 0 N–H and O–H groups in total. The lowest BCUT2D eigenvalue weighted by Gasteiger charge is -2.17. The quantitative estimate of drug-likeness (QED) is 0.170. The molecule has 11 aromatic carbocycles. The fraction of sp³-hybridized carbons (Fsp3) is 0. The molecule has 12 rings (SSSR count). The van der Waals surface area contributed by atoms with E-state index in [1.54, 1.807) is 0 Å².